The Labute approximate surface area is 184 Å². The zero-order valence-electron chi connectivity index (χ0n) is 17.0. The molecule has 0 bridgehead atoms. The molecular formula is C22H33O4PPd. The van der Waals surface area contributed by atoms with E-state index in [1.807, 2.05) is 0 Å². The van der Waals surface area contributed by atoms with E-state index in [0.29, 0.717) is 0 Å². The average Bonchev–Trinajstić information content (AvgIpc) is 2.64. The third-order valence-corrected chi connectivity index (χ3v) is 8.49. The van der Waals surface area contributed by atoms with Crippen molar-refractivity contribution in [3.63, 3.8) is 0 Å². The van der Waals surface area contributed by atoms with Crippen LogP contribution in [0.4, 0.5) is 0 Å². The molecule has 0 heterocycles. The predicted molar refractivity (Wildman–Crippen MR) is 108 cm³/mol. The Balaban J connectivity index is 0.000000697. The Morgan fingerprint density at radius 3 is 1.39 bits per heavy atom. The summed E-state index contributed by atoms with van der Waals surface area (Å²) in [5, 5.41) is 19.5. The Bertz CT molecular complexity index is 503. The number of carbonyl (C=O) groups is 2. The first kappa shape index (κ1) is 27.3. The maximum Gasteiger partial charge on any atom is 2.00 e. The number of hydrogen-bond donors (Lipinski definition) is 0. The van der Waals surface area contributed by atoms with E-state index in [1.54, 1.807) is 5.30 Å². The molecule has 0 spiro atoms. The van der Waals surface area contributed by atoms with Crippen molar-refractivity contribution in [2.75, 3.05) is 0 Å². The summed E-state index contributed by atoms with van der Waals surface area (Å²) in [6.07, 6.45) is 15.0. The van der Waals surface area contributed by atoms with Crippen LogP contribution in [0.2, 0.25) is 0 Å². The second kappa shape index (κ2) is 16.1. The van der Waals surface area contributed by atoms with Gasteiger partial charge in [-0.15, -0.1) is 0 Å². The number of hydrogen-bond acceptors (Lipinski definition) is 4. The Morgan fingerprint density at radius 2 is 1.07 bits per heavy atom. The molecule has 0 aliphatic heterocycles. The number of aliphatic carboxylic acids is 2. The van der Waals surface area contributed by atoms with Crippen LogP contribution >= 0.6 is 7.92 Å². The van der Waals surface area contributed by atoms with Crippen LogP contribution in [0.3, 0.4) is 0 Å². The van der Waals surface area contributed by atoms with Crippen LogP contribution < -0.4 is 15.5 Å². The van der Waals surface area contributed by atoms with Crippen molar-refractivity contribution in [3.8, 4) is 0 Å². The Morgan fingerprint density at radius 1 is 0.750 bits per heavy atom. The zero-order chi connectivity index (χ0) is 20.1. The van der Waals surface area contributed by atoms with Gasteiger partial charge in [-0.25, -0.2) is 0 Å². The van der Waals surface area contributed by atoms with Gasteiger partial charge in [-0.05, 0) is 56.2 Å². The minimum Gasteiger partial charge on any atom is -0.550 e. The van der Waals surface area contributed by atoms with Crippen LogP contribution in [-0.4, -0.2) is 23.3 Å². The van der Waals surface area contributed by atoms with Crippen molar-refractivity contribution in [1.82, 2.24) is 0 Å². The molecule has 0 N–H and O–H groups in total. The van der Waals surface area contributed by atoms with E-state index in [4.69, 9.17) is 19.8 Å². The number of carboxylic acid groups (broad SMARTS) is 2. The van der Waals surface area contributed by atoms with Crippen molar-refractivity contribution in [2.45, 2.75) is 89.4 Å². The predicted octanol–water partition coefficient (Wildman–Crippen LogP) is 2.97. The molecule has 0 saturated heterocycles. The Hall–Kier alpha value is -0.748. The summed E-state index contributed by atoms with van der Waals surface area (Å²) in [5.41, 5.74) is 2.07. The van der Waals surface area contributed by atoms with Crippen molar-refractivity contribution in [3.05, 3.63) is 30.3 Å². The monoisotopic (exact) mass is 498 g/mol. The van der Waals surface area contributed by atoms with E-state index in [0.717, 1.165) is 25.2 Å². The maximum absolute atomic E-state index is 8.89. The average molecular weight is 499 g/mol. The Kier molecular flexibility index (Phi) is 15.7. The largest absolute Gasteiger partial charge is 2.00 e. The summed E-state index contributed by atoms with van der Waals surface area (Å²) in [6.45, 7) is 1.94. The van der Waals surface area contributed by atoms with Crippen LogP contribution in [0.5, 0.6) is 0 Å². The summed E-state index contributed by atoms with van der Waals surface area (Å²) in [7, 11) is 0.108. The van der Waals surface area contributed by atoms with Gasteiger partial charge < -0.3 is 19.8 Å². The third kappa shape index (κ3) is 12.0. The molecule has 1 aromatic carbocycles. The number of carbonyl (C=O) groups excluding carboxylic acids is 2. The fourth-order valence-corrected chi connectivity index (χ4v) is 7.84. The van der Waals surface area contributed by atoms with Crippen molar-refractivity contribution < 1.29 is 40.2 Å². The summed E-state index contributed by atoms with van der Waals surface area (Å²) in [5.74, 6) is -2.17. The molecule has 3 rings (SSSR count). The molecule has 2 aliphatic rings. The fourth-order valence-electron chi connectivity index (χ4n) is 4.04. The van der Waals surface area contributed by atoms with Crippen LogP contribution in [0.15, 0.2) is 30.3 Å². The second-order valence-electron chi connectivity index (χ2n) is 7.31. The van der Waals surface area contributed by atoms with Crippen molar-refractivity contribution in [1.29, 1.82) is 0 Å². The summed E-state index contributed by atoms with van der Waals surface area (Å²) < 4.78 is 0. The van der Waals surface area contributed by atoms with Gasteiger partial charge in [-0.3, -0.25) is 0 Å². The van der Waals surface area contributed by atoms with E-state index in [2.05, 4.69) is 30.3 Å². The van der Waals surface area contributed by atoms with Crippen molar-refractivity contribution in [2.24, 2.45) is 0 Å². The van der Waals surface area contributed by atoms with E-state index in [-0.39, 0.29) is 28.3 Å². The van der Waals surface area contributed by atoms with Gasteiger partial charge in [0.2, 0.25) is 0 Å². The van der Waals surface area contributed by atoms with Crippen LogP contribution in [0.1, 0.15) is 78.1 Å². The van der Waals surface area contributed by atoms with Gasteiger partial charge in [0.25, 0.3) is 0 Å². The molecule has 28 heavy (non-hydrogen) atoms. The molecule has 160 valence electrons. The molecule has 1 aromatic rings. The van der Waals surface area contributed by atoms with Crippen LogP contribution in [0, 0.1) is 0 Å². The van der Waals surface area contributed by atoms with Gasteiger partial charge in [0, 0.05) is 11.9 Å². The molecule has 0 radical (unpaired) electrons. The molecule has 2 aliphatic carbocycles. The molecular weight excluding hydrogens is 466 g/mol. The second-order valence-corrected chi connectivity index (χ2v) is 10.1. The topological polar surface area (TPSA) is 80.3 Å². The number of rotatable bonds is 3. The molecule has 6 heteroatoms. The minimum absolute atomic E-state index is 0. The normalized spacial score (nSPS) is 17.2. The van der Waals surface area contributed by atoms with Gasteiger partial charge in [-0.2, -0.15) is 0 Å². The van der Waals surface area contributed by atoms with Gasteiger partial charge >= 0.3 is 20.4 Å². The molecule has 0 unspecified atom stereocenters. The van der Waals surface area contributed by atoms with Gasteiger partial charge in [-0.1, -0.05) is 76.8 Å². The molecule has 4 nitrogen and oxygen atoms in total. The first-order valence-corrected chi connectivity index (χ1v) is 11.6. The molecule has 2 saturated carbocycles. The van der Waals surface area contributed by atoms with Gasteiger partial charge in [0.15, 0.2) is 0 Å². The maximum atomic E-state index is 8.89. The van der Waals surface area contributed by atoms with E-state index in [1.165, 1.54) is 64.2 Å². The quantitative estimate of drug-likeness (QED) is 0.474. The van der Waals surface area contributed by atoms with E-state index < -0.39 is 11.9 Å². The molecule has 0 aromatic heterocycles. The SMILES string of the molecule is CC(=O)[O-].CC(=O)[O-].[Pd+2].c1ccc(P(C2CCCCC2)C2CCCCC2)cc1. The van der Waals surface area contributed by atoms with E-state index in [9.17, 15) is 0 Å². The first-order valence-electron chi connectivity index (χ1n) is 10.1. The fraction of sp³-hybridized carbons (Fsp3) is 0.636. The first-order chi connectivity index (χ1) is 12.9. The zero-order valence-corrected chi connectivity index (χ0v) is 19.5. The van der Waals surface area contributed by atoms with Gasteiger partial charge in [0.1, 0.15) is 0 Å². The van der Waals surface area contributed by atoms with Gasteiger partial charge in [0.05, 0.1) is 0 Å². The van der Waals surface area contributed by atoms with Crippen LogP contribution in [-0.2, 0) is 30.0 Å². The minimum atomic E-state index is -1.08. The van der Waals surface area contributed by atoms with Crippen molar-refractivity contribution >= 4 is 25.2 Å². The standard InChI is InChI=1S/C18H27P.2C2H4O2.Pd/c1-4-10-16(11-5-1)19(17-12-6-2-7-13-17)18-14-8-3-9-15-18;2*1-2(3)4;/h1,4-5,10-11,17-18H,2-3,6-9,12-15H2;2*1H3,(H,3,4);/q;;;+2/p-2. The summed E-state index contributed by atoms with van der Waals surface area (Å²) >= 11 is 0. The number of benzene rings is 1. The molecule has 0 atom stereocenters. The third-order valence-electron chi connectivity index (χ3n) is 4.99. The smallest absolute Gasteiger partial charge is 0.550 e. The molecule has 0 amide bonds. The number of carboxylic acids is 2. The summed E-state index contributed by atoms with van der Waals surface area (Å²) in [6, 6.07) is 11.6. The summed E-state index contributed by atoms with van der Waals surface area (Å²) in [4.78, 5) is 17.8. The molecule has 2 fully saturated rings. The van der Waals surface area contributed by atoms with Crippen LogP contribution in [0.25, 0.3) is 0 Å². The van der Waals surface area contributed by atoms with E-state index >= 15 is 0 Å².